The van der Waals surface area contributed by atoms with Crippen LogP contribution < -0.4 is 19.5 Å². The predicted molar refractivity (Wildman–Crippen MR) is 159 cm³/mol. The molecular weight excluding hydrogens is 574 g/mol. The Bertz CT molecular complexity index is 1460. The third-order valence-electron chi connectivity index (χ3n) is 7.10. The van der Waals surface area contributed by atoms with Gasteiger partial charge < -0.3 is 29.2 Å². The first kappa shape index (κ1) is 31.8. The molecule has 43 heavy (non-hydrogen) atoms. The summed E-state index contributed by atoms with van der Waals surface area (Å²) < 4.78 is 48.6. The van der Waals surface area contributed by atoms with Crippen molar-refractivity contribution in [1.29, 1.82) is 0 Å². The molecule has 0 aliphatic carbocycles. The van der Waals surface area contributed by atoms with E-state index in [0.717, 1.165) is 11.1 Å². The van der Waals surface area contributed by atoms with Crippen LogP contribution in [0.25, 0.3) is 0 Å². The number of nitrogens with one attached hydrogen (secondary N) is 1. The van der Waals surface area contributed by atoms with Crippen molar-refractivity contribution in [3.63, 3.8) is 0 Å². The summed E-state index contributed by atoms with van der Waals surface area (Å²) in [5.74, 6) is 0.987. The van der Waals surface area contributed by atoms with Gasteiger partial charge in [0, 0.05) is 26.2 Å². The molecule has 1 saturated heterocycles. The summed E-state index contributed by atoms with van der Waals surface area (Å²) in [6, 6.07) is 19.7. The van der Waals surface area contributed by atoms with E-state index in [4.69, 9.17) is 18.9 Å². The average molecular weight is 612 g/mol. The molecule has 11 nitrogen and oxygen atoms in total. The number of carbonyl (C=O) groups is 2. The lowest BCUT2D eigenvalue weighted by Gasteiger charge is -2.29. The Morgan fingerprint density at radius 1 is 0.860 bits per heavy atom. The summed E-state index contributed by atoms with van der Waals surface area (Å²) >= 11 is 0. The zero-order valence-electron chi connectivity index (χ0n) is 24.5. The molecule has 0 radical (unpaired) electrons. The second-order valence-corrected chi connectivity index (χ2v) is 11.8. The van der Waals surface area contributed by atoms with Crippen molar-refractivity contribution in [3.05, 3.63) is 83.9 Å². The van der Waals surface area contributed by atoms with Crippen LogP contribution in [0.15, 0.2) is 77.7 Å². The Morgan fingerprint density at radius 3 is 1.95 bits per heavy atom. The first-order chi connectivity index (χ1) is 20.7. The maximum absolute atomic E-state index is 13.4. The summed E-state index contributed by atoms with van der Waals surface area (Å²) in [6.07, 6.45) is 0. The summed E-state index contributed by atoms with van der Waals surface area (Å²) in [6.45, 7) is 3.07. The van der Waals surface area contributed by atoms with E-state index < -0.39 is 22.0 Å². The van der Waals surface area contributed by atoms with Gasteiger partial charge in [0.25, 0.3) is 5.91 Å². The maximum Gasteiger partial charge on any atom is 0.261 e. The molecule has 230 valence electrons. The van der Waals surface area contributed by atoms with Crippen LogP contribution in [-0.2, 0) is 37.4 Å². The zero-order valence-corrected chi connectivity index (χ0v) is 25.3. The molecule has 0 spiro atoms. The van der Waals surface area contributed by atoms with Crippen molar-refractivity contribution < 1.29 is 37.0 Å². The van der Waals surface area contributed by atoms with Crippen molar-refractivity contribution in [2.24, 2.45) is 0 Å². The minimum Gasteiger partial charge on any atom is -0.497 e. The first-order valence-electron chi connectivity index (χ1n) is 13.8. The zero-order chi connectivity index (χ0) is 30.8. The van der Waals surface area contributed by atoms with Gasteiger partial charge in [0.1, 0.15) is 23.3 Å². The predicted octanol–water partition coefficient (Wildman–Crippen LogP) is 2.84. The molecule has 1 heterocycles. The lowest BCUT2D eigenvalue weighted by atomic mass is 10.1. The van der Waals surface area contributed by atoms with Crippen LogP contribution in [0.2, 0.25) is 0 Å². The Balaban J connectivity index is 1.42. The minimum atomic E-state index is -3.65. The van der Waals surface area contributed by atoms with Crippen LogP contribution in [0.1, 0.15) is 18.1 Å². The molecule has 0 saturated carbocycles. The van der Waals surface area contributed by atoms with Crippen molar-refractivity contribution in [2.45, 2.75) is 31.0 Å². The smallest absolute Gasteiger partial charge is 0.261 e. The number of methoxy groups -OCH3 is 2. The van der Waals surface area contributed by atoms with E-state index in [1.807, 2.05) is 36.4 Å². The normalized spacial score (nSPS) is 14.4. The highest BCUT2D eigenvalue weighted by Crippen LogP contribution is 2.21. The summed E-state index contributed by atoms with van der Waals surface area (Å²) in [7, 11) is -0.493. The summed E-state index contributed by atoms with van der Waals surface area (Å²) in [5.41, 5.74) is 1.69. The average Bonchev–Trinajstić information content (AvgIpc) is 3.05. The van der Waals surface area contributed by atoms with Gasteiger partial charge in [-0.05, 0) is 66.6 Å². The van der Waals surface area contributed by atoms with Gasteiger partial charge in [0.15, 0.2) is 6.61 Å². The van der Waals surface area contributed by atoms with Gasteiger partial charge in [-0.25, -0.2) is 8.42 Å². The number of hydrogen-bond donors (Lipinski definition) is 1. The molecule has 3 aromatic rings. The third-order valence-corrected chi connectivity index (χ3v) is 9.01. The number of benzene rings is 3. The molecule has 0 unspecified atom stereocenters. The van der Waals surface area contributed by atoms with Gasteiger partial charge in [-0.1, -0.05) is 24.3 Å². The second kappa shape index (κ2) is 14.9. The fourth-order valence-corrected chi connectivity index (χ4v) is 5.87. The number of ether oxygens (including phenoxy) is 4. The van der Waals surface area contributed by atoms with E-state index in [0.29, 0.717) is 43.6 Å². The molecular formula is C31H37N3O8S. The van der Waals surface area contributed by atoms with E-state index in [1.165, 1.54) is 33.5 Å². The lowest BCUT2D eigenvalue weighted by molar-refractivity contribution is -0.142. The van der Waals surface area contributed by atoms with Crippen molar-refractivity contribution in [2.75, 3.05) is 47.1 Å². The molecule has 2 amide bonds. The van der Waals surface area contributed by atoms with E-state index >= 15 is 0 Å². The molecule has 1 fully saturated rings. The molecule has 12 heteroatoms. The Kier molecular flexibility index (Phi) is 11.0. The molecule has 1 N–H and O–H groups in total. The summed E-state index contributed by atoms with van der Waals surface area (Å²) in [4.78, 5) is 28.2. The number of morpholine rings is 1. The van der Waals surface area contributed by atoms with Gasteiger partial charge in [0.05, 0.1) is 32.3 Å². The van der Waals surface area contributed by atoms with E-state index in [9.17, 15) is 18.0 Å². The molecule has 1 atom stereocenters. The maximum atomic E-state index is 13.4. The quantitative estimate of drug-likeness (QED) is 0.313. The highest BCUT2D eigenvalue weighted by Gasteiger charge is 2.28. The number of amides is 2. The molecule has 4 rings (SSSR count). The van der Waals surface area contributed by atoms with Crippen LogP contribution in [0.3, 0.4) is 0 Å². The van der Waals surface area contributed by atoms with Gasteiger partial charge in [-0.3, -0.25) is 9.59 Å². The van der Waals surface area contributed by atoms with Gasteiger partial charge >= 0.3 is 0 Å². The van der Waals surface area contributed by atoms with Crippen LogP contribution in [-0.4, -0.2) is 82.6 Å². The van der Waals surface area contributed by atoms with E-state index in [-0.39, 0.29) is 30.5 Å². The number of hydrogen-bond acceptors (Lipinski definition) is 8. The van der Waals surface area contributed by atoms with Crippen molar-refractivity contribution in [3.8, 4) is 17.2 Å². The number of carbonyl (C=O) groups excluding carboxylic acids is 2. The highest BCUT2D eigenvalue weighted by atomic mass is 32.2. The lowest BCUT2D eigenvalue weighted by Crippen LogP contribution is -2.48. The van der Waals surface area contributed by atoms with E-state index in [2.05, 4.69) is 5.32 Å². The molecule has 1 aliphatic heterocycles. The van der Waals surface area contributed by atoms with Crippen LogP contribution in [0, 0.1) is 0 Å². The number of sulfonamides is 1. The molecule has 1 aliphatic rings. The number of rotatable bonds is 13. The molecule has 3 aromatic carbocycles. The van der Waals surface area contributed by atoms with Crippen LogP contribution in [0.4, 0.5) is 0 Å². The Hall–Kier alpha value is -4.13. The standard InChI is InChI=1S/C31H37N3O8S/c1-23(31(36)32-20-24-4-8-26(39-2)9-5-24)34(21-25-6-10-27(40-3)11-7-25)30(35)22-42-28-12-14-29(15-13-28)43(37,38)33-16-18-41-19-17-33/h4-15,23H,16-22H2,1-3H3,(H,32,36)/t23-/m1/s1. The van der Waals surface area contributed by atoms with Crippen LogP contribution in [0.5, 0.6) is 17.2 Å². The first-order valence-corrected chi connectivity index (χ1v) is 15.3. The summed E-state index contributed by atoms with van der Waals surface area (Å²) in [5, 5.41) is 2.89. The van der Waals surface area contributed by atoms with Crippen molar-refractivity contribution >= 4 is 21.8 Å². The van der Waals surface area contributed by atoms with Gasteiger partial charge in [-0.2, -0.15) is 4.31 Å². The van der Waals surface area contributed by atoms with Gasteiger partial charge in [-0.15, -0.1) is 0 Å². The third kappa shape index (κ3) is 8.46. The SMILES string of the molecule is COc1ccc(CNC(=O)[C@@H](C)N(Cc2ccc(OC)cc2)C(=O)COc2ccc(S(=O)(=O)N3CCOCC3)cc2)cc1. The van der Waals surface area contributed by atoms with E-state index in [1.54, 1.807) is 33.3 Å². The monoisotopic (exact) mass is 611 g/mol. The molecule has 0 bridgehead atoms. The minimum absolute atomic E-state index is 0.136. The van der Waals surface area contributed by atoms with Crippen LogP contribution >= 0.6 is 0 Å². The fourth-order valence-electron chi connectivity index (χ4n) is 4.46. The number of nitrogens with zero attached hydrogens (tertiary/aromatic N) is 2. The Morgan fingerprint density at radius 2 is 1.40 bits per heavy atom. The Labute approximate surface area is 252 Å². The topological polar surface area (TPSA) is 124 Å². The molecule has 0 aromatic heterocycles. The van der Waals surface area contributed by atoms with Gasteiger partial charge in [0.2, 0.25) is 15.9 Å². The largest absolute Gasteiger partial charge is 0.497 e. The second-order valence-electron chi connectivity index (χ2n) is 9.89. The van der Waals surface area contributed by atoms with Crippen molar-refractivity contribution in [1.82, 2.24) is 14.5 Å². The fraction of sp³-hybridized carbons (Fsp3) is 0.355. The highest BCUT2D eigenvalue weighted by molar-refractivity contribution is 7.89.